The molecule has 0 spiro atoms. The Kier molecular flexibility index (Phi) is 13.5. The largest absolute Gasteiger partial charge is 0.508 e. The maximum absolute atomic E-state index is 14.6. The summed E-state index contributed by atoms with van der Waals surface area (Å²) in [4.78, 5) is 76.5. The van der Waals surface area contributed by atoms with Gasteiger partial charge in [0.1, 0.15) is 29.4 Å². The molecule has 16 heteroatoms. The number of hydrogen-bond acceptors (Lipinski definition) is 11. The highest BCUT2D eigenvalue weighted by Crippen LogP contribution is 2.41. The number of phenols is 1. The van der Waals surface area contributed by atoms with E-state index in [0.29, 0.717) is 55.7 Å². The van der Waals surface area contributed by atoms with Crippen molar-refractivity contribution in [3.63, 3.8) is 0 Å². The fraction of sp³-hybridized carbons (Fsp3) is 0.469. The van der Waals surface area contributed by atoms with Crippen LogP contribution in [0.15, 0.2) is 67.0 Å². The molecule has 2 saturated heterocycles. The molecule has 6 bridgehead atoms. The van der Waals surface area contributed by atoms with Crippen molar-refractivity contribution in [2.24, 2.45) is 5.41 Å². The highest BCUT2D eigenvalue weighted by atomic mass is 16.5. The summed E-state index contributed by atoms with van der Waals surface area (Å²) < 4.78 is 14.0. The van der Waals surface area contributed by atoms with Gasteiger partial charge in [0.2, 0.25) is 17.7 Å². The van der Waals surface area contributed by atoms with Crippen LogP contribution in [0.5, 0.6) is 5.75 Å². The molecule has 0 aliphatic carbocycles. The van der Waals surface area contributed by atoms with Crippen LogP contribution in [0.1, 0.15) is 64.2 Å². The van der Waals surface area contributed by atoms with Gasteiger partial charge in [0, 0.05) is 81.5 Å². The number of carbonyl (C=O) groups excluding carboxylic acids is 5. The van der Waals surface area contributed by atoms with Crippen molar-refractivity contribution in [2.45, 2.75) is 97.1 Å². The Morgan fingerprint density at radius 2 is 1.86 bits per heavy atom. The van der Waals surface area contributed by atoms with E-state index >= 15 is 0 Å². The first-order chi connectivity index (χ1) is 30.8. The van der Waals surface area contributed by atoms with Crippen LogP contribution in [-0.4, -0.2) is 130 Å². The maximum Gasteiger partial charge on any atom is 0.324 e. The molecule has 5 heterocycles. The molecule has 0 unspecified atom stereocenters. The lowest BCUT2D eigenvalue weighted by Gasteiger charge is -2.36. The second-order valence-corrected chi connectivity index (χ2v) is 18.8. The van der Waals surface area contributed by atoms with Crippen molar-refractivity contribution in [1.29, 1.82) is 0 Å². The summed E-state index contributed by atoms with van der Waals surface area (Å²) in [7, 11) is 4.66. The van der Waals surface area contributed by atoms with Gasteiger partial charge in [0.05, 0.1) is 25.5 Å². The van der Waals surface area contributed by atoms with Crippen molar-refractivity contribution in [3.05, 3.63) is 83.7 Å². The number of pyridine rings is 1. The summed E-state index contributed by atoms with van der Waals surface area (Å²) in [5.41, 5.74) is 9.19. The average Bonchev–Trinajstić information content (AvgIpc) is 3.96. The Morgan fingerprint density at radius 3 is 2.55 bits per heavy atom. The summed E-state index contributed by atoms with van der Waals surface area (Å²) in [5.74, 6) is -2.45. The van der Waals surface area contributed by atoms with Crippen molar-refractivity contribution in [2.75, 3.05) is 47.4 Å². The zero-order chi connectivity index (χ0) is 47.0. The highest BCUT2D eigenvalue weighted by Gasteiger charge is 2.46. The Hall–Kier alpha value is -6.10. The lowest BCUT2D eigenvalue weighted by atomic mass is 9.84. The number of rotatable bonds is 11. The number of methoxy groups -OCH3 is 1. The molecule has 3 aliphatic heterocycles. The van der Waals surface area contributed by atoms with E-state index in [0.717, 1.165) is 38.9 Å². The average molecular weight is 891 g/mol. The molecule has 4 amide bonds. The lowest BCUT2D eigenvalue weighted by Crippen LogP contribution is -2.62. The number of cyclic esters (lactones) is 1. The van der Waals surface area contributed by atoms with Gasteiger partial charge >= 0.3 is 5.97 Å². The summed E-state index contributed by atoms with van der Waals surface area (Å²) in [6, 6.07) is 10.0. The van der Waals surface area contributed by atoms with Gasteiger partial charge < -0.3 is 39.6 Å². The molecule has 16 nitrogen and oxygen atoms in total. The molecule has 7 rings (SSSR count). The first kappa shape index (κ1) is 46.9. The van der Waals surface area contributed by atoms with Crippen LogP contribution >= 0.6 is 0 Å². The zero-order valence-electron chi connectivity index (χ0n) is 38.7. The zero-order valence-corrected chi connectivity index (χ0v) is 38.7. The van der Waals surface area contributed by atoms with Gasteiger partial charge in [-0.3, -0.25) is 34.0 Å². The molecule has 2 aromatic carbocycles. The van der Waals surface area contributed by atoms with Gasteiger partial charge in [-0.15, -0.1) is 0 Å². The summed E-state index contributed by atoms with van der Waals surface area (Å²) in [6.07, 6.45) is 5.02. The van der Waals surface area contributed by atoms with E-state index in [-0.39, 0.29) is 37.8 Å². The Morgan fingerprint density at radius 1 is 1.11 bits per heavy atom. The molecule has 4 atom stereocenters. The molecule has 0 saturated carbocycles. The van der Waals surface area contributed by atoms with E-state index in [1.165, 1.54) is 28.9 Å². The van der Waals surface area contributed by atoms with Crippen molar-refractivity contribution in [3.8, 4) is 28.1 Å². The fourth-order valence-electron chi connectivity index (χ4n) is 9.15. The third-order valence-corrected chi connectivity index (χ3v) is 12.7. The summed E-state index contributed by atoms with van der Waals surface area (Å²) in [5, 5.41) is 19.5. The highest BCUT2D eigenvalue weighted by molar-refractivity contribution is 5.97. The molecule has 2 fully saturated rings. The molecule has 4 aromatic rings. The quantitative estimate of drug-likeness (QED) is 0.0961. The number of nitrogens with one attached hydrogen (secondary N) is 3. The third-order valence-electron chi connectivity index (χ3n) is 12.7. The second kappa shape index (κ2) is 18.8. The van der Waals surface area contributed by atoms with E-state index in [4.69, 9.17) is 9.47 Å². The number of aryl methyl sites for hydroxylation is 1. The van der Waals surface area contributed by atoms with Crippen LogP contribution < -0.4 is 16.1 Å². The molecule has 4 N–H and O–H groups in total. The van der Waals surface area contributed by atoms with Gasteiger partial charge in [0.25, 0.3) is 5.91 Å². The topological polar surface area (TPSA) is 198 Å². The maximum atomic E-state index is 14.6. The number of nitrogens with zero attached hydrogens (tertiary/aromatic N) is 5. The number of ether oxygens (including phenoxy) is 2. The predicted octanol–water partition coefficient (Wildman–Crippen LogP) is 4.11. The van der Waals surface area contributed by atoms with Gasteiger partial charge in [-0.1, -0.05) is 32.6 Å². The van der Waals surface area contributed by atoms with Crippen molar-refractivity contribution >= 4 is 40.5 Å². The Balaban J connectivity index is 1.30. The van der Waals surface area contributed by atoms with E-state index in [1.54, 1.807) is 39.3 Å². The van der Waals surface area contributed by atoms with Crippen LogP contribution in [0.3, 0.4) is 0 Å². The molecule has 0 radical (unpaired) electrons. The lowest BCUT2D eigenvalue weighted by molar-refractivity contribution is -0.155. The van der Waals surface area contributed by atoms with Crippen LogP contribution in [-0.2, 0) is 59.4 Å². The number of carbonyl (C=O) groups is 5. The van der Waals surface area contributed by atoms with E-state index < -0.39 is 52.8 Å². The minimum absolute atomic E-state index is 0.0322. The number of aromatic hydroxyl groups is 1. The number of fused-ring (bicyclic) bond motifs is 6. The molecular formula is C49H62N8O8. The van der Waals surface area contributed by atoms with E-state index in [9.17, 15) is 29.1 Å². The van der Waals surface area contributed by atoms with Crippen LogP contribution in [0, 0.1) is 5.41 Å². The number of aromatic nitrogens is 2. The minimum Gasteiger partial charge on any atom is -0.508 e. The normalized spacial score (nSPS) is 21.2. The molecule has 3 aliphatic rings. The molecule has 65 heavy (non-hydrogen) atoms. The Labute approximate surface area is 380 Å². The van der Waals surface area contributed by atoms with Gasteiger partial charge in [-0.05, 0) is 104 Å². The van der Waals surface area contributed by atoms with E-state index in [2.05, 4.69) is 65.1 Å². The van der Waals surface area contributed by atoms with E-state index in [1.807, 2.05) is 24.4 Å². The number of likely N-dealkylation sites (N-methyl/N-ethyl adjacent to an activating group) is 2. The number of esters is 1. The number of hydrazine groups is 1. The number of hydrogen-bond donors (Lipinski definition) is 4. The Bertz CT molecular complexity index is 2530. The van der Waals surface area contributed by atoms with Gasteiger partial charge in [-0.25, -0.2) is 5.43 Å². The molecule has 2 aromatic heterocycles. The minimum atomic E-state index is -1.22. The molecular weight excluding hydrogens is 829 g/mol. The number of benzene rings is 2. The van der Waals surface area contributed by atoms with Crippen LogP contribution in [0.2, 0.25) is 0 Å². The SMILES string of the molecule is C=C(C)[C@@H](C(=O)N[C@H]1Cc2cc(O)cc(c2)-c2ccc3c(c2)c(c(-c2cnccc2COC)n3CC)CC(C)(C)COC(=O)[C@@H]2CCCN(N2)C1=O)N(C)C(=O)CN(C)C(=O)[C@@]1(C)CN1. The summed E-state index contributed by atoms with van der Waals surface area (Å²) in [6.45, 7) is 15.2. The van der Waals surface area contributed by atoms with Crippen molar-refractivity contribution in [1.82, 2.24) is 40.4 Å². The second-order valence-electron chi connectivity index (χ2n) is 18.8. The number of phenolic OH excluding ortho intramolecular Hbond substituents is 1. The predicted molar refractivity (Wildman–Crippen MR) is 246 cm³/mol. The van der Waals surface area contributed by atoms with Crippen LogP contribution in [0.25, 0.3) is 33.3 Å². The first-order valence-electron chi connectivity index (χ1n) is 22.2. The number of amides is 4. The van der Waals surface area contributed by atoms with Crippen molar-refractivity contribution < 1.29 is 38.6 Å². The van der Waals surface area contributed by atoms with Gasteiger partial charge in [0.15, 0.2) is 0 Å². The smallest absolute Gasteiger partial charge is 0.324 e. The summed E-state index contributed by atoms with van der Waals surface area (Å²) >= 11 is 0. The van der Waals surface area contributed by atoms with Crippen LogP contribution in [0.4, 0.5) is 0 Å². The monoisotopic (exact) mass is 890 g/mol. The molecule has 346 valence electrons. The standard InChI is InChI=1S/C49H62N8O8/c1-10-56-40-14-13-31-22-35(40)36(43(56)37-24-50-16-15-32(37)26-64-9)23-48(4,5)28-65-46(62)38-12-11-17-57(53-38)45(61)39(20-30-18-33(31)21-34(58)19-30)52-44(60)42(29(2)3)55(8)41(59)25-54(7)47(63)49(6)27-51-49/h13-16,18-19,21-22,24,38-39,42,51,53,58H,2,10-12,17,20,23,25-28H2,1,3-9H3,(H,52,60)/t38-,39-,42-,49+/m0/s1. The van der Waals surface area contributed by atoms with Gasteiger partial charge in [-0.2, -0.15) is 0 Å². The first-order valence-corrected chi connectivity index (χ1v) is 22.2. The third kappa shape index (κ3) is 9.94. The fourth-order valence-corrected chi connectivity index (χ4v) is 9.15.